The van der Waals surface area contributed by atoms with E-state index in [1.807, 2.05) is 53.9 Å². The largest absolute Gasteiger partial charge is 0.342 e. The molecule has 3 heteroatoms. The molecule has 0 aliphatic rings. The maximum atomic E-state index is 12.6. The van der Waals surface area contributed by atoms with Crippen molar-refractivity contribution >= 4 is 17.2 Å². The van der Waals surface area contributed by atoms with Gasteiger partial charge < -0.3 is 5.32 Å². The first-order valence-corrected chi connectivity index (χ1v) is 8.51. The molecular formula is C20H19NOS. The SMILES string of the molecule is CC(NC(=O)Cc1cccs1)(c1ccccc1)c1ccccc1. The topological polar surface area (TPSA) is 29.1 Å². The molecule has 1 aromatic heterocycles. The number of hydrogen-bond acceptors (Lipinski definition) is 2. The zero-order valence-corrected chi connectivity index (χ0v) is 13.8. The van der Waals surface area contributed by atoms with Crippen molar-refractivity contribution in [3.05, 3.63) is 94.2 Å². The van der Waals surface area contributed by atoms with E-state index in [9.17, 15) is 4.79 Å². The molecule has 23 heavy (non-hydrogen) atoms. The highest BCUT2D eigenvalue weighted by atomic mass is 32.1. The molecule has 0 aliphatic heterocycles. The molecule has 0 bridgehead atoms. The van der Waals surface area contributed by atoms with Gasteiger partial charge in [-0.2, -0.15) is 0 Å². The van der Waals surface area contributed by atoms with Crippen molar-refractivity contribution in [2.45, 2.75) is 18.9 Å². The summed E-state index contributed by atoms with van der Waals surface area (Å²) in [5.74, 6) is 0.0302. The molecule has 0 spiro atoms. The third kappa shape index (κ3) is 3.51. The molecule has 2 nitrogen and oxygen atoms in total. The molecule has 0 aliphatic carbocycles. The Balaban J connectivity index is 1.91. The van der Waals surface area contributed by atoms with E-state index in [2.05, 4.69) is 36.5 Å². The van der Waals surface area contributed by atoms with E-state index in [1.165, 1.54) is 0 Å². The molecule has 1 heterocycles. The van der Waals surface area contributed by atoms with Crippen LogP contribution in [-0.4, -0.2) is 5.91 Å². The van der Waals surface area contributed by atoms with Crippen LogP contribution in [0.15, 0.2) is 78.2 Å². The van der Waals surface area contributed by atoms with Crippen LogP contribution in [-0.2, 0) is 16.8 Å². The highest BCUT2D eigenvalue weighted by Gasteiger charge is 2.30. The molecule has 0 atom stereocenters. The number of hydrogen-bond donors (Lipinski definition) is 1. The second kappa shape index (κ2) is 6.80. The van der Waals surface area contributed by atoms with Crippen LogP contribution in [0, 0.1) is 0 Å². The third-order valence-corrected chi connectivity index (χ3v) is 4.88. The van der Waals surface area contributed by atoms with Crippen molar-refractivity contribution in [1.82, 2.24) is 5.32 Å². The molecule has 3 aromatic rings. The summed E-state index contributed by atoms with van der Waals surface area (Å²) in [6.07, 6.45) is 0.410. The molecule has 2 aromatic carbocycles. The Morgan fingerprint density at radius 2 is 1.48 bits per heavy atom. The van der Waals surface area contributed by atoms with Gasteiger partial charge in [-0.25, -0.2) is 0 Å². The smallest absolute Gasteiger partial charge is 0.226 e. The number of carbonyl (C=O) groups excluding carboxylic acids is 1. The summed E-state index contributed by atoms with van der Waals surface area (Å²) < 4.78 is 0. The van der Waals surface area contributed by atoms with Gasteiger partial charge in [-0.15, -0.1) is 11.3 Å². The van der Waals surface area contributed by atoms with Gasteiger partial charge in [-0.3, -0.25) is 4.79 Å². The fourth-order valence-corrected chi connectivity index (χ4v) is 3.45. The lowest BCUT2D eigenvalue weighted by Gasteiger charge is -2.32. The van der Waals surface area contributed by atoms with Gasteiger partial charge in [0.15, 0.2) is 0 Å². The lowest BCUT2D eigenvalue weighted by Crippen LogP contribution is -2.45. The standard InChI is InChI=1S/C20H19NOS/c1-20(16-9-4-2-5-10-16,17-11-6-3-7-12-17)21-19(22)15-18-13-8-14-23-18/h2-14H,15H2,1H3,(H,21,22). The molecule has 0 fully saturated rings. The van der Waals surface area contributed by atoms with Crippen molar-refractivity contribution in [2.75, 3.05) is 0 Å². The van der Waals surface area contributed by atoms with Gasteiger partial charge in [0.05, 0.1) is 12.0 Å². The van der Waals surface area contributed by atoms with E-state index in [4.69, 9.17) is 0 Å². The highest BCUT2D eigenvalue weighted by molar-refractivity contribution is 7.10. The monoisotopic (exact) mass is 321 g/mol. The molecule has 0 saturated carbocycles. The summed E-state index contributed by atoms with van der Waals surface area (Å²) in [6, 6.07) is 24.2. The minimum Gasteiger partial charge on any atom is -0.342 e. The second-order valence-corrected chi connectivity index (χ2v) is 6.69. The molecular weight excluding hydrogens is 302 g/mol. The number of carbonyl (C=O) groups is 1. The normalized spacial score (nSPS) is 11.2. The first-order chi connectivity index (χ1) is 11.2. The summed E-state index contributed by atoms with van der Waals surface area (Å²) in [4.78, 5) is 13.6. The van der Waals surface area contributed by atoms with Gasteiger partial charge >= 0.3 is 0 Å². The number of thiophene rings is 1. The molecule has 0 radical (unpaired) electrons. The average molecular weight is 321 g/mol. The van der Waals surface area contributed by atoms with Crippen LogP contribution < -0.4 is 5.32 Å². The van der Waals surface area contributed by atoms with Gasteiger partial charge in [-0.05, 0) is 29.5 Å². The Bertz CT molecular complexity index is 711. The van der Waals surface area contributed by atoms with Crippen LogP contribution in [0.4, 0.5) is 0 Å². The van der Waals surface area contributed by atoms with Gasteiger partial charge in [-0.1, -0.05) is 66.7 Å². The van der Waals surface area contributed by atoms with Gasteiger partial charge in [0.2, 0.25) is 5.91 Å². The Morgan fingerprint density at radius 1 is 0.913 bits per heavy atom. The van der Waals surface area contributed by atoms with E-state index >= 15 is 0 Å². The van der Waals surface area contributed by atoms with Crippen LogP contribution in [0.3, 0.4) is 0 Å². The molecule has 1 amide bonds. The Labute approximate surface area is 140 Å². The maximum absolute atomic E-state index is 12.6. The Hall–Kier alpha value is -2.39. The molecule has 0 unspecified atom stereocenters. The lowest BCUT2D eigenvalue weighted by molar-refractivity contribution is -0.121. The summed E-state index contributed by atoms with van der Waals surface area (Å²) in [7, 11) is 0. The first-order valence-electron chi connectivity index (χ1n) is 7.63. The van der Waals surface area contributed by atoms with Crippen molar-refractivity contribution in [1.29, 1.82) is 0 Å². The minimum absolute atomic E-state index is 0.0302. The fourth-order valence-electron chi connectivity index (χ4n) is 2.75. The van der Waals surface area contributed by atoms with Crippen molar-refractivity contribution < 1.29 is 4.79 Å². The van der Waals surface area contributed by atoms with Crippen LogP contribution >= 0.6 is 11.3 Å². The fraction of sp³-hybridized carbons (Fsp3) is 0.150. The van der Waals surface area contributed by atoms with Gasteiger partial charge in [0.1, 0.15) is 0 Å². The van der Waals surface area contributed by atoms with Crippen molar-refractivity contribution in [3.8, 4) is 0 Å². The summed E-state index contributed by atoms with van der Waals surface area (Å²) in [5.41, 5.74) is 1.60. The van der Waals surface area contributed by atoms with Crippen LogP contribution in [0.5, 0.6) is 0 Å². The van der Waals surface area contributed by atoms with E-state index < -0.39 is 5.54 Å². The summed E-state index contributed by atoms with van der Waals surface area (Å²) in [5, 5.41) is 5.23. The quantitative estimate of drug-likeness (QED) is 0.743. The number of nitrogens with one attached hydrogen (secondary N) is 1. The third-order valence-electron chi connectivity index (χ3n) is 4.01. The molecule has 1 N–H and O–H groups in total. The predicted octanol–water partition coefficient (Wildman–Crippen LogP) is 4.37. The predicted molar refractivity (Wildman–Crippen MR) is 95.5 cm³/mol. The number of amides is 1. The van der Waals surface area contributed by atoms with E-state index in [0.717, 1.165) is 16.0 Å². The van der Waals surface area contributed by atoms with E-state index in [0.29, 0.717) is 6.42 Å². The van der Waals surface area contributed by atoms with Gasteiger partial charge in [0, 0.05) is 4.88 Å². The van der Waals surface area contributed by atoms with Crippen LogP contribution in [0.25, 0.3) is 0 Å². The zero-order chi connectivity index (χ0) is 16.1. The van der Waals surface area contributed by atoms with Crippen molar-refractivity contribution in [3.63, 3.8) is 0 Å². The minimum atomic E-state index is -0.545. The summed E-state index contributed by atoms with van der Waals surface area (Å²) >= 11 is 1.61. The van der Waals surface area contributed by atoms with E-state index in [-0.39, 0.29) is 5.91 Å². The average Bonchev–Trinajstić information content (AvgIpc) is 3.09. The molecule has 3 rings (SSSR count). The first kappa shape index (κ1) is 15.5. The number of benzene rings is 2. The Morgan fingerprint density at radius 3 is 1.96 bits per heavy atom. The second-order valence-electron chi connectivity index (χ2n) is 5.66. The van der Waals surface area contributed by atoms with E-state index in [1.54, 1.807) is 11.3 Å². The lowest BCUT2D eigenvalue weighted by atomic mass is 9.84. The highest BCUT2D eigenvalue weighted by Crippen LogP contribution is 2.29. The van der Waals surface area contributed by atoms with Crippen molar-refractivity contribution in [2.24, 2.45) is 0 Å². The maximum Gasteiger partial charge on any atom is 0.226 e. The zero-order valence-electron chi connectivity index (χ0n) is 13.0. The molecule has 0 saturated heterocycles. The van der Waals surface area contributed by atoms with Crippen LogP contribution in [0.2, 0.25) is 0 Å². The Kier molecular flexibility index (Phi) is 4.58. The molecule has 116 valence electrons. The summed E-state index contributed by atoms with van der Waals surface area (Å²) in [6.45, 7) is 2.06. The number of rotatable bonds is 5. The van der Waals surface area contributed by atoms with Gasteiger partial charge in [0.25, 0.3) is 0 Å². The van der Waals surface area contributed by atoms with Crippen LogP contribution in [0.1, 0.15) is 22.9 Å².